The van der Waals surface area contributed by atoms with Gasteiger partial charge in [0.2, 0.25) is 0 Å². The van der Waals surface area contributed by atoms with Gasteiger partial charge in [-0.2, -0.15) is 15.7 Å². The van der Waals surface area contributed by atoms with Crippen molar-refractivity contribution >= 4 is 22.4 Å². The fourth-order valence-corrected chi connectivity index (χ4v) is 5.27. The van der Waals surface area contributed by atoms with Crippen LogP contribution in [0.2, 0.25) is 0 Å². The highest BCUT2D eigenvalue weighted by molar-refractivity contribution is 8.23. The van der Waals surface area contributed by atoms with Crippen LogP contribution in [0.5, 0.6) is 5.75 Å². The summed E-state index contributed by atoms with van der Waals surface area (Å²) >= 11 is 0. The van der Waals surface area contributed by atoms with Crippen molar-refractivity contribution in [3.05, 3.63) is 70.9 Å². The fourth-order valence-electron chi connectivity index (χ4n) is 3.73. The molecular weight excluding hydrogens is 489 g/mol. The Morgan fingerprint density at radius 3 is 2.60 bits per heavy atom. The number of nitrogens with one attached hydrogen (secondary N) is 2. The molecule has 0 saturated carbocycles. The Bertz CT molecular complexity index is 1220. The first kappa shape index (κ1) is 24.9. The molecule has 1 aliphatic rings. The molecule has 1 aliphatic heterocycles. The van der Waals surface area contributed by atoms with Gasteiger partial charge in [-0.1, -0.05) is 24.3 Å². The second-order valence-corrected chi connectivity index (χ2v) is 10.0. The number of anilines is 1. The van der Waals surface area contributed by atoms with E-state index in [1.807, 2.05) is 6.07 Å². The molecule has 4 rings (SSSR count). The number of amides is 2. The summed E-state index contributed by atoms with van der Waals surface area (Å²) in [6, 6.07) is 12.3. The van der Waals surface area contributed by atoms with Crippen molar-refractivity contribution in [2.75, 3.05) is 12.4 Å². The van der Waals surface area contributed by atoms with E-state index in [1.165, 1.54) is 30.0 Å². The molecule has 0 bridgehead atoms. The Kier molecular flexibility index (Phi) is 6.94. The van der Waals surface area contributed by atoms with E-state index in [4.69, 9.17) is 4.74 Å². The van der Waals surface area contributed by atoms with Gasteiger partial charge in [-0.25, -0.2) is 9.48 Å². The average Bonchev–Trinajstić information content (AvgIpc) is 3.26. The Morgan fingerprint density at radius 2 is 1.91 bits per heavy atom. The number of carbonyl (C=O) groups is 1. The molecular formula is C22H23F3N4O5S. The number of methoxy groups -OCH3 is 1. The standard InChI is InChI=1S/C22H23F3N4O5S/c1-33-11-14-7-8-19(34-22(23,24)25)15(9-14)10-26-21(30)27-20-17-12-35(31,32)13-18(17)28-29(20)16-5-3-2-4-6-16/h2-9,31-32H,10-13H2,1H3,(H2,26,27,30). The fraction of sp³-hybridized carbons (Fsp3) is 0.273. The molecule has 2 amide bonds. The summed E-state index contributed by atoms with van der Waals surface area (Å²) in [5, 5.41) is 9.62. The first-order valence-corrected chi connectivity index (χ1v) is 12.2. The number of rotatable bonds is 7. The first-order chi connectivity index (χ1) is 16.5. The molecule has 2 aromatic carbocycles. The predicted molar refractivity (Wildman–Crippen MR) is 124 cm³/mol. The Morgan fingerprint density at radius 1 is 1.17 bits per heavy atom. The van der Waals surface area contributed by atoms with E-state index in [2.05, 4.69) is 20.5 Å². The largest absolute Gasteiger partial charge is 0.573 e. The minimum absolute atomic E-state index is 0.0249. The van der Waals surface area contributed by atoms with Crippen molar-refractivity contribution in [3.63, 3.8) is 0 Å². The second-order valence-electron chi connectivity index (χ2n) is 7.84. The minimum Gasteiger partial charge on any atom is -0.405 e. The maximum atomic E-state index is 12.8. The van der Waals surface area contributed by atoms with E-state index >= 15 is 0 Å². The zero-order valence-electron chi connectivity index (χ0n) is 18.5. The van der Waals surface area contributed by atoms with Crippen LogP contribution >= 0.6 is 10.6 Å². The number of hydrogen-bond acceptors (Lipinski definition) is 6. The van der Waals surface area contributed by atoms with E-state index in [-0.39, 0.29) is 36.0 Å². The number of alkyl halides is 3. The highest BCUT2D eigenvalue weighted by Crippen LogP contribution is 2.54. The zero-order valence-corrected chi connectivity index (χ0v) is 19.3. The number of urea groups is 1. The molecule has 0 atom stereocenters. The van der Waals surface area contributed by atoms with Gasteiger partial charge in [0.1, 0.15) is 11.6 Å². The number of aromatic nitrogens is 2. The number of hydrogen-bond donors (Lipinski definition) is 4. The molecule has 4 N–H and O–H groups in total. The van der Waals surface area contributed by atoms with Crippen LogP contribution in [0.25, 0.3) is 5.69 Å². The summed E-state index contributed by atoms with van der Waals surface area (Å²) in [5.41, 5.74) is 2.29. The predicted octanol–water partition coefficient (Wildman–Crippen LogP) is 5.00. The van der Waals surface area contributed by atoms with Crippen LogP contribution in [0.4, 0.5) is 23.8 Å². The first-order valence-electron chi connectivity index (χ1n) is 10.4. The molecule has 0 fully saturated rings. The third-order valence-corrected chi connectivity index (χ3v) is 6.63. The van der Waals surface area contributed by atoms with Gasteiger partial charge >= 0.3 is 12.4 Å². The molecule has 35 heavy (non-hydrogen) atoms. The summed E-state index contributed by atoms with van der Waals surface area (Å²) in [6.07, 6.45) is -4.90. The van der Waals surface area contributed by atoms with Crippen LogP contribution in [0.15, 0.2) is 48.5 Å². The molecule has 3 aromatic rings. The van der Waals surface area contributed by atoms with E-state index < -0.39 is 28.7 Å². The SMILES string of the molecule is COCc1ccc(OC(F)(F)F)c(CNC(=O)Nc2c3c(nn2-c2ccccc2)CS(O)(O)C3)c1. The smallest absolute Gasteiger partial charge is 0.405 e. The van der Waals surface area contributed by atoms with Crippen LogP contribution < -0.4 is 15.4 Å². The van der Waals surface area contributed by atoms with Gasteiger partial charge < -0.3 is 14.8 Å². The van der Waals surface area contributed by atoms with Crippen molar-refractivity contribution in [3.8, 4) is 11.4 Å². The maximum absolute atomic E-state index is 12.8. The normalized spacial score (nSPS) is 15.4. The van der Waals surface area contributed by atoms with Gasteiger partial charge in [0, 0.05) is 24.8 Å². The van der Waals surface area contributed by atoms with Crippen molar-refractivity contribution in [2.45, 2.75) is 31.0 Å². The molecule has 9 nitrogen and oxygen atoms in total. The maximum Gasteiger partial charge on any atom is 0.573 e. The molecule has 0 unspecified atom stereocenters. The van der Waals surface area contributed by atoms with E-state index in [9.17, 15) is 27.1 Å². The Labute approximate surface area is 200 Å². The topological polar surface area (TPSA) is 118 Å². The number of fused-ring (bicyclic) bond motifs is 1. The van der Waals surface area contributed by atoms with E-state index in [0.717, 1.165) is 0 Å². The number of carbonyl (C=O) groups excluding carboxylic acids is 1. The van der Waals surface area contributed by atoms with Gasteiger partial charge in [0.15, 0.2) is 0 Å². The Hall–Kier alpha value is -3.26. The average molecular weight is 513 g/mol. The molecule has 0 spiro atoms. The Balaban J connectivity index is 1.55. The van der Waals surface area contributed by atoms with Gasteiger partial charge in [-0.15, -0.1) is 13.2 Å². The van der Waals surface area contributed by atoms with Crippen LogP contribution in [0.1, 0.15) is 22.4 Å². The molecule has 188 valence electrons. The zero-order chi connectivity index (χ0) is 25.2. The summed E-state index contributed by atoms with van der Waals surface area (Å²) in [6.45, 7) is -0.105. The number of halogens is 3. The molecule has 13 heteroatoms. The lowest BCUT2D eigenvalue weighted by Gasteiger charge is -2.26. The van der Waals surface area contributed by atoms with Gasteiger partial charge in [-0.05, 0) is 29.8 Å². The lowest BCUT2D eigenvalue weighted by Crippen LogP contribution is -2.30. The summed E-state index contributed by atoms with van der Waals surface area (Å²) in [5.74, 6) is -0.279. The van der Waals surface area contributed by atoms with E-state index in [0.29, 0.717) is 22.5 Å². The third-order valence-electron chi connectivity index (χ3n) is 5.14. The molecule has 1 aromatic heterocycles. The summed E-state index contributed by atoms with van der Waals surface area (Å²) in [4.78, 5) is 12.8. The van der Waals surface area contributed by atoms with Gasteiger partial charge in [0.25, 0.3) is 0 Å². The highest BCUT2D eigenvalue weighted by atomic mass is 32.3. The van der Waals surface area contributed by atoms with Crippen LogP contribution in [0, 0.1) is 0 Å². The van der Waals surface area contributed by atoms with Crippen LogP contribution in [-0.2, 0) is 29.4 Å². The number of para-hydroxylation sites is 1. The molecule has 2 heterocycles. The number of benzene rings is 2. The van der Waals surface area contributed by atoms with Crippen molar-refractivity contribution in [1.82, 2.24) is 15.1 Å². The quantitative estimate of drug-likeness (QED) is 0.354. The number of ether oxygens (including phenoxy) is 2. The lowest BCUT2D eigenvalue weighted by atomic mass is 10.1. The summed E-state index contributed by atoms with van der Waals surface area (Å²) < 4.78 is 69.3. The second kappa shape index (κ2) is 9.77. The molecule has 0 saturated heterocycles. The highest BCUT2D eigenvalue weighted by Gasteiger charge is 2.34. The summed E-state index contributed by atoms with van der Waals surface area (Å²) in [7, 11) is -1.44. The molecule has 0 aliphatic carbocycles. The molecule has 0 radical (unpaired) electrons. The van der Waals surface area contributed by atoms with Crippen molar-refractivity contribution in [2.24, 2.45) is 0 Å². The van der Waals surface area contributed by atoms with Crippen molar-refractivity contribution in [1.29, 1.82) is 0 Å². The van der Waals surface area contributed by atoms with Gasteiger partial charge in [0.05, 0.1) is 29.5 Å². The minimum atomic E-state index is -4.90. The third kappa shape index (κ3) is 6.06. The van der Waals surface area contributed by atoms with Gasteiger partial charge in [-0.3, -0.25) is 14.4 Å². The monoisotopic (exact) mass is 512 g/mol. The van der Waals surface area contributed by atoms with Crippen LogP contribution in [-0.4, -0.2) is 38.4 Å². The van der Waals surface area contributed by atoms with E-state index in [1.54, 1.807) is 24.3 Å². The van der Waals surface area contributed by atoms with Crippen molar-refractivity contribution < 1.29 is 36.5 Å². The lowest BCUT2D eigenvalue weighted by molar-refractivity contribution is -0.274. The number of nitrogens with zero attached hydrogens (tertiary/aromatic N) is 2. The van der Waals surface area contributed by atoms with Crippen LogP contribution in [0.3, 0.4) is 0 Å².